The highest BCUT2D eigenvalue weighted by atomic mass is 14.9. The lowest BCUT2D eigenvalue weighted by Gasteiger charge is -2.30. The molecule has 0 saturated heterocycles. The van der Waals surface area contributed by atoms with Gasteiger partial charge in [-0.1, -0.05) is 31.0 Å². The van der Waals surface area contributed by atoms with Crippen LogP contribution < -0.4 is 5.32 Å². The molecule has 1 aromatic carbocycles. The van der Waals surface area contributed by atoms with Crippen molar-refractivity contribution in [3.8, 4) is 0 Å². The molecule has 1 heteroatoms. The summed E-state index contributed by atoms with van der Waals surface area (Å²) >= 11 is 0. The zero-order valence-corrected chi connectivity index (χ0v) is 9.66. The summed E-state index contributed by atoms with van der Waals surface area (Å²) < 4.78 is 0. The summed E-state index contributed by atoms with van der Waals surface area (Å²) in [6.07, 6.45) is 6.35. The fourth-order valence-corrected chi connectivity index (χ4v) is 2.21. The van der Waals surface area contributed by atoms with E-state index in [2.05, 4.69) is 49.9 Å². The van der Waals surface area contributed by atoms with E-state index in [0.29, 0.717) is 12.0 Å². The molecule has 1 saturated carbocycles. The van der Waals surface area contributed by atoms with Gasteiger partial charge in [-0.15, -0.1) is 0 Å². The second-order valence-corrected chi connectivity index (χ2v) is 4.64. The molecule has 2 unspecified atom stereocenters. The molecule has 0 aliphatic heterocycles. The van der Waals surface area contributed by atoms with Crippen molar-refractivity contribution < 1.29 is 0 Å². The second kappa shape index (κ2) is 4.69. The molecule has 2 rings (SSSR count). The van der Waals surface area contributed by atoms with Gasteiger partial charge in [0.15, 0.2) is 0 Å². The topological polar surface area (TPSA) is 12.0 Å². The van der Waals surface area contributed by atoms with Gasteiger partial charge in [-0.3, -0.25) is 0 Å². The number of nitrogens with one attached hydrogen (secondary N) is 1. The van der Waals surface area contributed by atoms with Crippen molar-refractivity contribution >= 4 is 5.69 Å². The maximum atomic E-state index is 3.63. The third kappa shape index (κ3) is 2.74. The summed E-state index contributed by atoms with van der Waals surface area (Å²) in [6.45, 7) is 4.44. The summed E-state index contributed by atoms with van der Waals surface area (Å²) in [4.78, 5) is 0. The van der Waals surface area contributed by atoms with Crippen LogP contribution in [0.2, 0.25) is 0 Å². The molecule has 1 aliphatic rings. The summed E-state index contributed by atoms with van der Waals surface area (Å²) in [5.41, 5.74) is 2.58. The minimum absolute atomic E-state index is 0.626. The molecule has 1 aliphatic carbocycles. The first-order valence-electron chi connectivity index (χ1n) is 5.92. The van der Waals surface area contributed by atoms with Crippen LogP contribution in [-0.2, 0) is 0 Å². The molecule has 15 heavy (non-hydrogen) atoms. The van der Waals surface area contributed by atoms with Gasteiger partial charge in [0.2, 0.25) is 0 Å². The average molecular weight is 202 g/mol. The molecule has 1 radical (unpaired) electrons. The van der Waals surface area contributed by atoms with Gasteiger partial charge in [0.25, 0.3) is 0 Å². The van der Waals surface area contributed by atoms with Crippen molar-refractivity contribution in [3.63, 3.8) is 0 Å². The molecule has 2 atom stereocenters. The van der Waals surface area contributed by atoms with Crippen molar-refractivity contribution in [2.24, 2.45) is 5.92 Å². The average Bonchev–Trinajstić information content (AvgIpc) is 2.25. The Morgan fingerprint density at radius 1 is 1.20 bits per heavy atom. The largest absolute Gasteiger partial charge is 0.382 e. The Labute approximate surface area is 92.9 Å². The van der Waals surface area contributed by atoms with E-state index in [4.69, 9.17) is 0 Å². The lowest BCUT2D eigenvalue weighted by Crippen LogP contribution is -2.30. The molecule has 1 aromatic rings. The lowest BCUT2D eigenvalue weighted by molar-refractivity contribution is 0.429. The van der Waals surface area contributed by atoms with Crippen molar-refractivity contribution in [2.45, 2.75) is 39.2 Å². The minimum Gasteiger partial charge on any atom is -0.382 e. The lowest BCUT2D eigenvalue weighted by atomic mass is 9.86. The smallest absolute Gasteiger partial charge is 0.0342 e. The van der Waals surface area contributed by atoms with Crippen LogP contribution in [0.4, 0.5) is 5.69 Å². The Morgan fingerprint density at radius 3 is 2.60 bits per heavy atom. The van der Waals surface area contributed by atoms with Crippen LogP contribution in [0.15, 0.2) is 24.3 Å². The van der Waals surface area contributed by atoms with E-state index in [1.54, 1.807) is 0 Å². The molecular weight excluding hydrogens is 182 g/mol. The third-order valence-electron chi connectivity index (χ3n) is 3.30. The van der Waals surface area contributed by atoms with Gasteiger partial charge in [0.1, 0.15) is 0 Å². The number of hydrogen-bond acceptors (Lipinski definition) is 1. The van der Waals surface area contributed by atoms with E-state index in [1.165, 1.54) is 30.5 Å². The summed E-state index contributed by atoms with van der Waals surface area (Å²) in [6, 6.07) is 9.31. The molecule has 0 amide bonds. The van der Waals surface area contributed by atoms with Gasteiger partial charge >= 0.3 is 0 Å². The maximum Gasteiger partial charge on any atom is 0.0342 e. The van der Waals surface area contributed by atoms with E-state index in [-0.39, 0.29) is 0 Å². The van der Waals surface area contributed by atoms with Crippen LogP contribution in [-0.4, -0.2) is 6.04 Å². The fourth-order valence-electron chi connectivity index (χ4n) is 2.21. The van der Waals surface area contributed by atoms with Crippen LogP contribution >= 0.6 is 0 Å². The number of hydrogen-bond donors (Lipinski definition) is 1. The molecule has 0 aromatic heterocycles. The van der Waals surface area contributed by atoms with Crippen LogP contribution in [0, 0.1) is 19.3 Å². The standard InChI is InChI=1S/C14H20N/c1-11-7-9-13(10-8-11)15-14-6-4-3-5-12(14)2/h5,7-10,12,14-15H,3-4,6H2,1-2H3. The zero-order chi connectivity index (χ0) is 10.7. The first-order chi connectivity index (χ1) is 7.25. The normalized spacial score (nSPS) is 26.3. The van der Waals surface area contributed by atoms with E-state index in [9.17, 15) is 0 Å². The summed E-state index contributed by atoms with van der Waals surface area (Å²) in [7, 11) is 0. The quantitative estimate of drug-likeness (QED) is 0.769. The maximum absolute atomic E-state index is 3.63. The monoisotopic (exact) mass is 202 g/mol. The molecule has 1 nitrogen and oxygen atoms in total. The van der Waals surface area contributed by atoms with Crippen LogP contribution in [0.25, 0.3) is 0 Å². The summed E-state index contributed by atoms with van der Waals surface area (Å²) in [5.74, 6) is 0.694. The molecule has 1 fully saturated rings. The predicted octanol–water partition coefficient (Wildman–Crippen LogP) is 3.80. The van der Waals surface area contributed by atoms with Crippen molar-refractivity contribution in [1.82, 2.24) is 0 Å². The van der Waals surface area contributed by atoms with Crippen LogP contribution in [0.1, 0.15) is 31.7 Å². The Hall–Kier alpha value is -0.980. The minimum atomic E-state index is 0.626. The van der Waals surface area contributed by atoms with E-state index >= 15 is 0 Å². The highest BCUT2D eigenvalue weighted by Crippen LogP contribution is 2.25. The number of rotatable bonds is 2. The molecular formula is C14H20N. The first-order valence-corrected chi connectivity index (χ1v) is 5.92. The number of aryl methyl sites for hydroxylation is 1. The van der Waals surface area contributed by atoms with Gasteiger partial charge in [0, 0.05) is 11.7 Å². The van der Waals surface area contributed by atoms with Gasteiger partial charge in [0.05, 0.1) is 0 Å². The van der Waals surface area contributed by atoms with Crippen molar-refractivity contribution in [1.29, 1.82) is 0 Å². The van der Waals surface area contributed by atoms with E-state index in [1.807, 2.05) is 0 Å². The van der Waals surface area contributed by atoms with E-state index < -0.39 is 0 Å². The number of anilines is 1. The fraction of sp³-hybridized carbons (Fsp3) is 0.500. The SMILES string of the molecule is Cc1ccc(NC2CCC[CH]C2C)cc1. The number of benzene rings is 1. The Bertz CT molecular complexity index is 302. The Balaban J connectivity index is 1.98. The first kappa shape index (κ1) is 10.5. The van der Waals surface area contributed by atoms with Gasteiger partial charge in [-0.05, 0) is 44.2 Å². The molecule has 0 spiro atoms. The second-order valence-electron chi connectivity index (χ2n) is 4.64. The molecule has 0 heterocycles. The highest BCUT2D eigenvalue weighted by molar-refractivity contribution is 5.45. The Kier molecular flexibility index (Phi) is 3.30. The zero-order valence-electron chi connectivity index (χ0n) is 9.66. The summed E-state index contributed by atoms with van der Waals surface area (Å²) in [5, 5.41) is 3.63. The highest BCUT2D eigenvalue weighted by Gasteiger charge is 2.20. The third-order valence-corrected chi connectivity index (χ3v) is 3.30. The predicted molar refractivity (Wildman–Crippen MR) is 65.9 cm³/mol. The van der Waals surface area contributed by atoms with Crippen LogP contribution in [0.5, 0.6) is 0 Å². The van der Waals surface area contributed by atoms with Gasteiger partial charge in [-0.2, -0.15) is 0 Å². The molecule has 0 bridgehead atoms. The molecule has 81 valence electrons. The van der Waals surface area contributed by atoms with E-state index in [0.717, 1.165) is 0 Å². The van der Waals surface area contributed by atoms with Crippen molar-refractivity contribution in [3.05, 3.63) is 36.2 Å². The van der Waals surface area contributed by atoms with Crippen LogP contribution in [0.3, 0.4) is 0 Å². The molecule has 1 N–H and O–H groups in total. The van der Waals surface area contributed by atoms with Gasteiger partial charge < -0.3 is 5.32 Å². The van der Waals surface area contributed by atoms with Gasteiger partial charge in [-0.25, -0.2) is 0 Å². The van der Waals surface area contributed by atoms with Crippen molar-refractivity contribution in [2.75, 3.05) is 5.32 Å². The Morgan fingerprint density at radius 2 is 1.93 bits per heavy atom.